The number of halogens is 1. The second kappa shape index (κ2) is 5.56. The number of ether oxygens (including phenoxy) is 3. The van der Waals surface area contributed by atoms with Crippen LogP contribution in [-0.2, 0) is 0 Å². The molecule has 0 saturated heterocycles. The van der Waals surface area contributed by atoms with Crippen LogP contribution in [-0.4, -0.2) is 26.3 Å². The molecule has 0 fully saturated rings. The average molecular weight is 263 g/mol. The lowest BCUT2D eigenvalue weighted by Gasteiger charge is -2.15. The first-order chi connectivity index (χ1) is 9.22. The van der Waals surface area contributed by atoms with Crippen molar-refractivity contribution in [3.63, 3.8) is 0 Å². The minimum atomic E-state index is -0.423. The average Bonchev–Trinajstić information content (AvgIpc) is 2.46. The molecule has 0 unspecified atom stereocenters. The summed E-state index contributed by atoms with van der Waals surface area (Å²) in [5.74, 6) is 0.888. The molecule has 19 heavy (non-hydrogen) atoms. The molecule has 0 radical (unpaired) electrons. The number of hydrogen-bond acceptors (Lipinski definition) is 4. The predicted octanol–water partition coefficient (Wildman–Crippen LogP) is 2.91. The summed E-state index contributed by atoms with van der Waals surface area (Å²) in [7, 11) is 4.51. The fraction of sp³-hybridized carbons (Fsp3) is 0.214. The Bertz CT molecular complexity index is 587. The Labute approximate surface area is 110 Å². The molecule has 4 nitrogen and oxygen atoms in total. The summed E-state index contributed by atoms with van der Waals surface area (Å²) in [6, 6.07) is 6.25. The summed E-state index contributed by atoms with van der Waals surface area (Å²) in [6.45, 7) is 0. The van der Waals surface area contributed by atoms with Gasteiger partial charge >= 0.3 is 0 Å². The Morgan fingerprint density at radius 3 is 2.26 bits per heavy atom. The van der Waals surface area contributed by atoms with Gasteiger partial charge in [-0.1, -0.05) is 0 Å². The highest BCUT2D eigenvalue weighted by Gasteiger charge is 2.19. The van der Waals surface area contributed by atoms with E-state index in [-0.39, 0.29) is 5.69 Å². The molecular weight excluding hydrogens is 249 g/mol. The molecule has 0 bridgehead atoms. The maximum atomic E-state index is 13.8. The van der Waals surface area contributed by atoms with E-state index in [1.165, 1.54) is 39.7 Å². The Balaban J connectivity index is 2.68. The van der Waals surface area contributed by atoms with Crippen LogP contribution < -0.4 is 14.2 Å². The van der Waals surface area contributed by atoms with Gasteiger partial charge < -0.3 is 14.2 Å². The molecular formula is C14H14FNO3. The zero-order valence-electron chi connectivity index (χ0n) is 10.9. The van der Waals surface area contributed by atoms with Crippen molar-refractivity contribution in [2.75, 3.05) is 21.3 Å². The molecule has 100 valence electrons. The van der Waals surface area contributed by atoms with Crippen molar-refractivity contribution in [2.45, 2.75) is 0 Å². The highest BCUT2D eigenvalue weighted by atomic mass is 19.1. The third-order valence-electron chi connectivity index (χ3n) is 2.72. The molecule has 5 heteroatoms. The predicted molar refractivity (Wildman–Crippen MR) is 69.3 cm³/mol. The van der Waals surface area contributed by atoms with E-state index in [0.717, 1.165) is 0 Å². The molecule has 0 aliphatic carbocycles. The molecule has 0 aliphatic heterocycles. The quantitative estimate of drug-likeness (QED) is 0.850. The minimum absolute atomic E-state index is 0.209. The third kappa shape index (κ3) is 2.31. The van der Waals surface area contributed by atoms with Crippen LogP contribution in [0.5, 0.6) is 17.2 Å². The Morgan fingerprint density at radius 1 is 0.947 bits per heavy atom. The Kier molecular flexibility index (Phi) is 3.85. The van der Waals surface area contributed by atoms with E-state index in [0.29, 0.717) is 22.8 Å². The van der Waals surface area contributed by atoms with Crippen molar-refractivity contribution < 1.29 is 18.6 Å². The summed E-state index contributed by atoms with van der Waals surface area (Å²) >= 11 is 0. The first-order valence-corrected chi connectivity index (χ1v) is 5.62. The summed E-state index contributed by atoms with van der Waals surface area (Å²) in [4.78, 5) is 4.04. The molecule has 1 aromatic heterocycles. The SMILES string of the molecule is COc1ccc(-c2ncccc2F)c(OC)c1OC. The molecule has 2 aromatic rings. The second-order valence-electron chi connectivity index (χ2n) is 3.72. The van der Waals surface area contributed by atoms with Crippen LogP contribution in [0.3, 0.4) is 0 Å². The maximum absolute atomic E-state index is 13.8. The van der Waals surface area contributed by atoms with E-state index in [1.807, 2.05) is 0 Å². The second-order valence-corrected chi connectivity index (χ2v) is 3.72. The maximum Gasteiger partial charge on any atom is 0.203 e. The van der Waals surface area contributed by atoms with Crippen molar-refractivity contribution in [3.8, 4) is 28.5 Å². The normalized spacial score (nSPS) is 10.1. The zero-order valence-corrected chi connectivity index (χ0v) is 10.9. The van der Waals surface area contributed by atoms with Gasteiger partial charge in [-0.2, -0.15) is 0 Å². The monoisotopic (exact) mass is 263 g/mol. The fourth-order valence-electron chi connectivity index (χ4n) is 1.87. The Morgan fingerprint density at radius 2 is 1.68 bits per heavy atom. The van der Waals surface area contributed by atoms with Gasteiger partial charge in [-0.25, -0.2) is 4.39 Å². The van der Waals surface area contributed by atoms with E-state index >= 15 is 0 Å². The van der Waals surface area contributed by atoms with Crippen LogP contribution in [0, 0.1) is 5.82 Å². The Hall–Kier alpha value is -2.30. The van der Waals surface area contributed by atoms with Crippen molar-refractivity contribution >= 4 is 0 Å². The third-order valence-corrected chi connectivity index (χ3v) is 2.72. The van der Waals surface area contributed by atoms with E-state index in [2.05, 4.69) is 4.98 Å². The smallest absolute Gasteiger partial charge is 0.203 e. The molecule has 1 aromatic carbocycles. The van der Waals surface area contributed by atoms with Crippen molar-refractivity contribution in [2.24, 2.45) is 0 Å². The summed E-state index contributed by atoms with van der Waals surface area (Å²) < 4.78 is 29.6. The van der Waals surface area contributed by atoms with Gasteiger partial charge in [0.05, 0.1) is 21.3 Å². The van der Waals surface area contributed by atoms with Gasteiger partial charge in [-0.05, 0) is 24.3 Å². The van der Waals surface area contributed by atoms with Crippen LogP contribution in [0.2, 0.25) is 0 Å². The molecule has 0 atom stereocenters. The van der Waals surface area contributed by atoms with Crippen LogP contribution in [0.15, 0.2) is 30.5 Å². The molecule has 0 spiro atoms. The molecule has 0 aliphatic rings. The van der Waals surface area contributed by atoms with Crippen LogP contribution in [0.4, 0.5) is 4.39 Å². The molecule has 0 saturated carbocycles. The lowest BCUT2D eigenvalue weighted by atomic mass is 10.1. The number of aromatic nitrogens is 1. The number of rotatable bonds is 4. The van der Waals surface area contributed by atoms with Gasteiger partial charge in [0, 0.05) is 11.8 Å². The molecule has 0 amide bonds. The first kappa shape index (κ1) is 13.1. The number of nitrogens with zero attached hydrogens (tertiary/aromatic N) is 1. The van der Waals surface area contributed by atoms with Gasteiger partial charge in [-0.15, -0.1) is 0 Å². The van der Waals surface area contributed by atoms with Gasteiger partial charge in [0.1, 0.15) is 11.5 Å². The van der Waals surface area contributed by atoms with Gasteiger partial charge in [0.2, 0.25) is 5.75 Å². The number of hydrogen-bond donors (Lipinski definition) is 0. The fourth-order valence-corrected chi connectivity index (χ4v) is 1.87. The molecule has 0 N–H and O–H groups in total. The number of pyridine rings is 1. The zero-order chi connectivity index (χ0) is 13.8. The highest BCUT2D eigenvalue weighted by Crippen LogP contribution is 2.44. The summed E-state index contributed by atoms with van der Waals surface area (Å²) in [5, 5.41) is 0. The van der Waals surface area contributed by atoms with Crippen molar-refractivity contribution in [1.82, 2.24) is 4.98 Å². The highest BCUT2D eigenvalue weighted by molar-refractivity contribution is 5.74. The molecule has 1 heterocycles. The number of methoxy groups -OCH3 is 3. The van der Waals surface area contributed by atoms with E-state index < -0.39 is 5.82 Å². The van der Waals surface area contributed by atoms with Crippen molar-refractivity contribution in [1.29, 1.82) is 0 Å². The summed E-state index contributed by atoms with van der Waals surface area (Å²) in [5.41, 5.74) is 0.721. The van der Waals surface area contributed by atoms with E-state index in [4.69, 9.17) is 14.2 Å². The summed E-state index contributed by atoms with van der Waals surface area (Å²) in [6.07, 6.45) is 1.52. The van der Waals surface area contributed by atoms with E-state index in [1.54, 1.807) is 12.1 Å². The topological polar surface area (TPSA) is 40.6 Å². The van der Waals surface area contributed by atoms with Gasteiger partial charge in [-0.3, -0.25) is 4.98 Å². The first-order valence-electron chi connectivity index (χ1n) is 5.62. The molecule has 2 rings (SSSR count). The largest absolute Gasteiger partial charge is 0.493 e. The minimum Gasteiger partial charge on any atom is -0.493 e. The van der Waals surface area contributed by atoms with Crippen molar-refractivity contribution in [3.05, 3.63) is 36.3 Å². The van der Waals surface area contributed by atoms with Crippen LogP contribution >= 0.6 is 0 Å². The lowest BCUT2D eigenvalue weighted by Crippen LogP contribution is -1.98. The lowest BCUT2D eigenvalue weighted by molar-refractivity contribution is 0.325. The van der Waals surface area contributed by atoms with Crippen LogP contribution in [0.1, 0.15) is 0 Å². The van der Waals surface area contributed by atoms with Crippen LogP contribution in [0.25, 0.3) is 11.3 Å². The van der Waals surface area contributed by atoms with E-state index in [9.17, 15) is 4.39 Å². The standard InChI is InChI=1S/C14H14FNO3/c1-17-11-7-6-9(13(18-2)14(11)19-3)12-10(15)5-4-8-16-12/h4-8H,1-3H3. The van der Waals surface area contributed by atoms with Gasteiger partial charge in [0.15, 0.2) is 11.5 Å². The van der Waals surface area contributed by atoms with Gasteiger partial charge in [0.25, 0.3) is 0 Å². The number of benzene rings is 1.